The fourth-order valence-corrected chi connectivity index (χ4v) is 4.61. The summed E-state index contributed by atoms with van der Waals surface area (Å²) in [4.78, 5) is 9.34. The van der Waals surface area contributed by atoms with Crippen LogP contribution in [0, 0.1) is 0 Å². The maximum Gasteiger partial charge on any atom is 0.198 e. The zero-order valence-electron chi connectivity index (χ0n) is 16.4. The molecule has 5 rings (SSSR count). The van der Waals surface area contributed by atoms with Crippen molar-refractivity contribution >= 4 is 17.2 Å². The van der Waals surface area contributed by atoms with Gasteiger partial charge in [0.2, 0.25) is 0 Å². The lowest BCUT2D eigenvalue weighted by Gasteiger charge is -2.28. The molecule has 4 heterocycles. The summed E-state index contributed by atoms with van der Waals surface area (Å²) < 4.78 is 3.93. The second kappa shape index (κ2) is 7.50. The van der Waals surface area contributed by atoms with E-state index in [-0.39, 0.29) is 0 Å². The van der Waals surface area contributed by atoms with Gasteiger partial charge in [0, 0.05) is 18.2 Å². The predicted molar refractivity (Wildman–Crippen MR) is 108 cm³/mol. The van der Waals surface area contributed by atoms with Gasteiger partial charge in [-0.3, -0.25) is 4.68 Å². The van der Waals surface area contributed by atoms with Gasteiger partial charge in [0.1, 0.15) is 6.33 Å². The summed E-state index contributed by atoms with van der Waals surface area (Å²) in [7, 11) is 0. The van der Waals surface area contributed by atoms with Crippen molar-refractivity contribution in [1.29, 1.82) is 0 Å². The van der Waals surface area contributed by atoms with E-state index >= 15 is 0 Å². The highest BCUT2D eigenvalue weighted by molar-refractivity contribution is 5.68. The van der Waals surface area contributed by atoms with Gasteiger partial charge in [-0.15, -0.1) is 0 Å². The third-order valence-corrected chi connectivity index (χ3v) is 6.14. The van der Waals surface area contributed by atoms with E-state index in [1.807, 2.05) is 16.9 Å². The number of rotatable bonds is 4. The molecule has 148 valence electrons. The minimum absolute atomic E-state index is 0.446. The summed E-state index contributed by atoms with van der Waals surface area (Å²) in [6.45, 7) is 3.28. The summed E-state index contributed by atoms with van der Waals surface area (Å²) in [6.07, 6.45) is 16.1. The average Bonchev–Trinajstić information content (AvgIpc) is 3.38. The van der Waals surface area contributed by atoms with Crippen molar-refractivity contribution < 1.29 is 0 Å². The second-order valence-corrected chi connectivity index (χ2v) is 8.24. The first-order valence-corrected chi connectivity index (χ1v) is 10.5. The van der Waals surface area contributed by atoms with Gasteiger partial charge in [-0.25, -0.2) is 14.5 Å². The number of hydrogen-bond acceptors (Lipinski definition) is 6. The van der Waals surface area contributed by atoms with Gasteiger partial charge in [-0.1, -0.05) is 19.3 Å². The van der Waals surface area contributed by atoms with Crippen LogP contribution < -0.4 is 10.6 Å². The van der Waals surface area contributed by atoms with E-state index in [2.05, 4.69) is 43.6 Å². The van der Waals surface area contributed by atoms with E-state index in [1.165, 1.54) is 32.1 Å². The Hall–Kier alpha value is -2.48. The largest absolute Gasteiger partial charge is 0.334 e. The van der Waals surface area contributed by atoms with Crippen LogP contribution in [0.2, 0.25) is 0 Å². The highest BCUT2D eigenvalue weighted by Crippen LogP contribution is 2.33. The number of hydrogen-bond donors (Lipinski definition) is 2. The molecule has 3 aromatic rings. The molecular weight excluding hydrogens is 352 g/mol. The zero-order chi connectivity index (χ0) is 18.9. The molecule has 0 amide bonds. The smallest absolute Gasteiger partial charge is 0.198 e. The van der Waals surface area contributed by atoms with Crippen LogP contribution in [0.5, 0.6) is 0 Å². The van der Waals surface area contributed by atoms with Crippen molar-refractivity contribution in [2.24, 2.45) is 0 Å². The quantitative estimate of drug-likeness (QED) is 0.721. The van der Waals surface area contributed by atoms with Gasteiger partial charge >= 0.3 is 0 Å². The molecule has 2 fully saturated rings. The zero-order valence-corrected chi connectivity index (χ0v) is 16.4. The molecule has 0 spiro atoms. The molecule has 1 aliphatic heterocycles. The first kappa shape index (κ1) is 17.6. The molecule has 28 heavy (non-hydrogen) atoms. The molecule has 0 aromatic carbocycles. The molecule has 8 nitrogen and oxygen atoms in total. The summed E-state index contributed by atoms with van der Waals surface area (Å²) in [5.74, 6) is 1.28. The second-order valence-electron chi connectivity index (χ2n) is 8.24. The lowest BCUT2D eigenvalue weighted by molar-refractivity contribution is 0.295. The Bertz CT molecular complexity index is 939. The number of anilines is 2. The third-order valence-electron chi connectivity index (χ3n) is 6.14. The van der Waals surface area contributed by atoms with Gasteiger partial charge < -0.3 is 10.6 Å². The van der Waals surface area contributed by atoms with Crippen LogP contribution in [-0.2, 0) is 0 Å². The van der Waals surface area contributed by atoms with Crippen LogP contribution in [0.3, 0.4) is 0 Å². The van der Waals surface area contributed by atoms with Crippen LogP contribution >= 0.6 is 0 Å². The SMILES string of the molecule is C[C@H]1C[C@H](n2cc(Nc3nc(C4CCCCC4)cn4ncnc34)cn2)CCN1. The normalized spacial score (nSPS) is 23.9. The Morgan fingerprint density at radius 1 is 1.11 bits per heavy atom. The van der Waals surface area contributed by atoms with E-state index in [4.69, 9.17) is 4.98 Å². The molecular formula is C20H28N8. The maximum absolute atomic E-state index is 4.94. The van der Waals surface area contributed by atoms with E-state index in [1.54, 1.807) is 6.33 Å². The van der Waals surface area contributed by atoms with Crippen LogP contribution in [0.15, 0.2) is 24.9 Å². The standard InChI is InChI=1S/C20H28N8/c1-14-9-17(7-8-21-14)27-11-16(10-23-27)25-19-20-22-13-24-28(20)12-18(26-19)15-5-3-2-4-6-15/h10-15,17,21H,2-9H2,1H3,(H,25,26)/t14-,17+/m0/s1. The summed E-state index contributed by atoms with van der Waals surface area (Å²) in [5, 5.41) is 15.9. The lowest BCUT2D eigenvalue weighted by Crippen LogP contribution is -2.36. The lowest BCUT2D eigenvalue weighted by atomic mass is 9.87. The maximum atomic E-state index is 4.94. The fourth-order valence-electron chi connectivity index (χ4n) is 4.61. The van der Waals surface area contributed by atoms with Crippen LogP contribution in [0.1, 0.15) is 69.5 Å². The topological polar surface area (TPSA) is 85.0 Å². The van der Waals surface area contributed by atoms with Gasteiger partial charge in [0.05, 0.1) is 29.8 Å². The Balaban J connectivity index is 1.41. The molecule has 2 N–H and O–H groups in total. The van der Waals surface area contributed by atoms with Crippen molar-refractivity contribution in [2.45, 2.75) is 69.9 Å². The molecule has 0 radical (unpaired) electrons. The predicted octanol–water partition coefficient (Wildman–Crippen LogP) is 3.43. The van der Waals surface area contributed by atoms with Crippen molar-refractivity contribution in [2.75, 3.05) is 11.9 Å². The Labute approximate surface area is 164 Å². The summed E-state index contributed by atoms with van der Waals surface area (Å²) >= 11 is 0. The molecule has 8 heteroatoms. The first-order valence-electron chi connectivity index (χ1n) is 10.5. The van der Waals surface area contributed by atoms with E-state index in [0.29, 0.717) is 18.0 Å². The molecule has 3 aromatic heterocycles. The third kappa shape index (κ3) is 3.48. The summed E-state index contributed by atoms with van der Waals surface area (Å²) in [5.41, 5.74) is 2.81. The Morgan fingerprint density at radius 3 is 2.86 bits per heavy atom. The van der Waals surface area contributed by atoms with Crippen LogP contribution in [-0.4, -0.2) is 41.9 Å². The van der Waals surface area contributed by atoms with Gasteiger partial charge in [0.15, 0.2) is 11.5 Å². The highest BCUT2D eigenvalue weighted by atomic mass is 15.3. The van der Waals surface area contributed by atoms with Crippen molar-refractivity contribution in [3.63, 3.8) is 0 Å². The Morgan fingerprint density at radius 2 is 2.00 bits per heavy atom. The van der Waals surface area contributed by atoms with Crippen molar-refractivity contribution in [1.82, 2.24) is 34.7 Å². The molecule has 1 saturated carbocycles. The molecule has 1 aliphatic carbocycles. The number of nitrogens with one attached hydrogen (secondary N) is 2. The van der Waals surface area contributed by atoms with Crippen LogP contribution in [0.25, 0.3) is 5.65 Å². The van der Waals surface area contributed by atoms with E-state index in [0.717, 1.165) is 42.2 Å². The molecule has 1 saturated heterocycles. The molecule has 0 unspecified atom stereocenters. The molecule has 2 atom stereocenters. The number of fused-ring (bicyclic) bond motifs is 1. The van der Waals surface area contributed by atoms with Gasteiger partial charge in [-0.2, -0.15) is 10.2 Å². The Kier molecular flexibility index (Phi) is 4.72. The van der Waals surface area contributed by atoms with Crippen LogP contribution in [0.4, 0.5) is 11.5 Å². The molecule has 2 aliphatic rings. The fraction of sp³-hybridized carbons (Fsp3) is 0.600. The van der Waals surface area contributed by atoms with Crippen molar-refractivity contribution in [3.05, 3.63) is 30.6 Å². The minimum atomic E-state index is 0.446. The minimum Gasteiger partial charge on any atom is -0.334 e. The van der Waals surface area contributed by atoms with Gasteiger partial charge in [0.25, 0.3) is 0 Å². The summed E-state index contributed by atoms with van der Waals surface area (Å²) in [6, 6.07) is 0.977. The monoisotopic (exact) mass is 380 g/mol. The molecule has 0 bridgehead atoms. The van der Waals surface area contributed by atoms with E-state index in [9.17, 15) is 0 Å². The number of piperidine rings is 1. The van der Waals surface area contributed by atoms with Crippen molar-refractivity contribution in [3.8, 4) is 0 Å². The number of aromatic nitrogens is 6. The first-order chi connectivity index (χ1) is 13.8. The average molecular weight is 381 g/mol. The highest BCUT2D eigenvalue weighted by Gasteiger charge is 2.22. The number of nitrogens with zero attached hydrogens (tertiary/aromatic N) is 6. The van der Waals surface area contributed by atoms with E-state index < -0.39 is 0 Å². The van der Waals surface area contributed by atoms with Gasteiger partial charge in [-0.05, 0) is 39.2 Å².